The molecule has 0 heterocycles. The molecule has 0 spiro atoms. The van der Waals surface area contributed by atoms with Gasteiger partial charge in [0, 0.05) is 5.57 Å². The quantitative estimate of drug-likeness (QED) is 0.110. The molecular weight excluding hydrogens is 556 g/mol. The van der Waals surface area contributed by atoms with Crippen molar-refractivity contribution >= 4 is 33.5 Å². The van der Waals surface area contributed by atoms with Gasteiger partial charge in [-0.15, -0.1) is 0 Å². The van der Waals surface area contributed by atoms with Gasteiger partial charge in [-0.1, -0.05) is 117 Å². The first-order valence-electron chi connectivity index (χ1n) is 15.1. The first kappa shape index (κ1) is 28.3. The van der Waals surface area contributed by atoms with Crippen LogP contribution in [-0.2, 0) is 15.0 Å². The van der Waals surface area contributed by atoms with Gasteiger partial charge in [-0.2, -0.15) is 0 Å². The largest absolute Gasteiger partial charge is 0.426 e. The summed E-state index contributed by atoms with van der Waals surface area (Å²) in [5.74, 6) is -0.0145. The molecule has 6 aromatic carbocycles. The van der Waals surface area contributed by atoms with E-state index in [4.69, 9.17) is 9.47 Å². The molecule has 4 heteroatoms. The van der Waals surface area contributed by atoms with E-state index in [9.17, 15) is 9.59 Å². The van der Waals surface area contributed by atoms with Gasteiger partial charge in [0.05, 0.1) is 11.3 Å². The fraction of sp³-hybridized carbons (Fsp3) is 0.122. The lowest BCUT2D eigenvalue weighted by Crippen LogP contribution is -2.29. The smallest absolute Gasteiger partial charge is 0.338 e. The number of ether oxygens (including phenoxy) is 2. The SMILES string of the molecule is C=C(C)C(=O)Oc1ccc(C2(c3ccc(OC(=O)C(C)C)cc3)c3c(ccc4ccccc34)-c3ccc4ccccc4c32)cc1. The zero-order valence-corrected chi connectivity index (χ0v) is 25.5. The Morgan fingerprint density at radius 2 is 1.04 bits per heavy atom. The summed E-state index contributed by atoms with van der Waals surface area (Å²) in [6, 6.07) is 41.5. The molecule has 0 fully saturated rings. The van der Waals surface area contributed by atoms with Crippen molar-refractivity contribution in [2.75, 3.05) is 0 Å². The first-order chi connectivity index (χ1) is 21.8. The van der Waals surface area contributed by atoms with Crippen LogP contribution in [-0.4, -0.2) is 11.9 Å². The number of fused-ring (bicyclic) bond motifs is 7. The minimum atomic E-state index is -0.746. The summed E-state index contributed by atoms with van der Waals surface area (Å²) < 4.78 is 11.3. The maximum absolute atomic E-state index is 12.4. The van der Waals surface area contributed by atoms with Crippen LogP contribution in [0.2, 0.25) is 0 Å². The van der Waals surface area contributed by atoms with Crippen LogP contribution >= 0.6 is 0 Å². The van der Waals surface area contributed by atoms with Crippen molar-refractivity contribution in [1.82, 2.24) is 0 Å². The third-order valence-corrected chi connectivity index (χ3v) is 8.72. The van der Waals surface area contributed by atoms with Crippen molar-refractivity contribution < 1.29 is 19.1 Å². The summed E-state index contributed by atoms with van der Waals surface area (Å²) in [6.07, 6.45) is 0. The average molecular weight is 589 g/mol. The van der Waals surface area contributed by atoms with E-state index in [0.717, 1.165) is 32.7 Å². The molecule has 0 bridgehead atoms. The molecule has 220 valence electrons. The predicted molar refractivity (Wildman–Crippen MR) is 180 cm³/mol. The maximum atomic E-state index is 12.4. The molecular formula is C41H32O4. The van der Waals surface area contributed by atoms with Crippen LogP contribution in [0.4, 0.5) is 0 Å². The van der Waals surface area contributed by atoms with Gasteiger partial charge in [-0.05, 0) is 86.1 Å². The zero-order chi connectivity index (χ0) is 31.3. The lowest BCUT2D eigenvalue weighted by molar-refractivity contribution is -0.137. The van der Waals surface area contributed by atoms with E-state index in [-0.39, 0.29) is 11.9 Å². The van der Waals surface area contributed by atoms with Gasteiger partial charge in [0.1, 0.15) is 11.5 Å². The monoisotopic (exact) mass is 588 g/mol. The van der Waals surface area contributed by atoms with Gasteiger partial charge in [-0.3, -0.25) is 4.79 Å². The van der Waals surface area contributed by atoms with E-state index in [1.54, 1.807) is 6.92 Å². The summed E-state index contributed by atoms with van der Waals surface area (Å²) in [4.78, 5) is 24.8. The summed E-state index contributed by atoms with van der Waals surface area (Å²) in [5, 5.41) is 4.60. The van der Waals surface area contributed by atoms with Crippen molar-refractivity contribution in [1.29, 1.82) is 0 Å². The normalized spacial score (nSPS) is 13.0. The molecule has 1 aliphatic rings. The van der Waals surface area contributed by atoms with Crippen LogP contribution in [0.15, 0.2) is 133 Å². The van der Waals surface area contributed by atoms with Crippen LogP contribution < -0.4 is 9.47 Å². The summed E-state index contributed by atoms with van der Waals surface area (Å²) in [6.45, 7) is 9.00. The van der Waals surface area contributed by atoms with E-state index in [0.29, 0.717) is 17.1 Å². The molecule has 0 saturated carbocycles. The van der Waals surface area contributed by atoms with Gasteiger partial charge >= 0.3 is 11.9 Å². The van der Waals surface area contributed by atoms with Gasteiger partial charge in [0.15, 0.2) is 0 Å². The van der Waals surface area contributed by atoms with Gasteiger partial charge in [-0.25, -0.2) is 4.79 Å². The number of carbonyl (C=O) groups is 2. The predicted octanol–water partition coefficient (Wildman–Crippen LogP) is 9.40. The summed E-state index contributed by atoms with van der Waals surface area (Å²) in [7, 11) is 0. The minimum absolute atomic E-state index is 0.236. The number of rotatable bonds is 6. The second-order valence-electron chi connectivity index (χ2n) is 12.0. The molecule has 6 aromatic rings. The van der Waals surface area contributed by atoms with E-state index < -0.39 is 11.4 Å². The Kier molecular flexibility index (Phi) is 6.86. The summed E-state index contributed by atoms with van der Waals surface area (Å²) >= 11 is 0. The average Bonchev–Trinajstić information content (AvgIpc) is 3.37. The zero-order valence-electron chi connectivity index (χ0n) is 25.5. The number of esters is 2. The third kappa shape index (κ3) is 4.53. The first-order valence-corrected chi connectivity index (χ1v) is 15.1. The van der Waals surface area contributed by atoms with Crippen molar-refractivity contribution in [2.45, 2.75) is 26.2 Å². The van der Waals surface area contributed by atoms with E-state index in [2.05, 4.69) is 104 Å². The number of hydrogen-bond donors (Lipinski definition) is 0. The van der Waals surface area contributed by atoms with Gasteiger partial charge in [0.25, 0.3) is 0 Å². The Labute approximate surface area is 262 Å². The minimum Gasteiger partial charge on any atom is -0.426 e. The lowest BCUT2D eigenvalue weighted by atomic mass is 9.66. The van der Waals surface area contributed by atoms with Gasteiger partial charge < -0.3 is 9.47 Å². The molecule has 45 heavy (non-hydrogen) atoms. The van der Waals surface area contributed by atoms with Gasteiger partial charge in [0.2, 0.25) is 0 Å². The van der Waals surface area contributed by atoms with E-state index in [1.165, 1.54) is 22.3 Å². The van der Waals surface area contributed by atoms with Crippen LogP contribution in [0.1, 0.15) is 43.0 Å². The lowest BCUT2D eigenvalue weighted by Gasteiger charge is -2.35. The Bertz CT molecular complexity index is 2050. The fourth-order valence-corrected chi connectivity index (χ4v) is 6.64. The van der Waals surface area contributed by atoms with E-state index >= 15 is 0 Å². The standard InChI is InChI=1S/C41H32O4/c1-25(2)39(42)44-31-19-15-29(16-20-31)41(30-17-21-32(22-18-30)45-40(43)26(3)4)37-33-11-7-5-9-27(33)13-23-35(37)36-24-14-28-10-6-8-12-34(28)38(36)41/h5-24,26H,1H2,2-4H3. The second kappa shape index (κ2) is 10.9. The van der Waals surface area contributed by atoms with Crippen LogP contribution in [0, 0.1) is 5.92 Å². The van der Waals surface area contributed by atoms with E-state index in [1.807, 2.05) is 38.1 Å². The Morgan fingerprint density at radius 3 is 1.49 bits per heavy atom. The summed E-state index contributed by atoms with van der Waals surface area (Å²) in [5.41, 5.74) is 6.36. The highest BCUT2D eigenvalue weighted by Gasteiger charge is 2.48. The molecule has 0 N–H and O–H groups in total. The second-order valence-corrected chi connectivity index (χ2v) is 12.0. The molecule has 0 amide bonds. The molecule has 0 radical (unpaired) electrons. The highest BCUT2D eigenvalue weighted by atomic mass is 16.5. The molecule has 4 nitrogen and oxygen atoms in total. The van der Waals surface area contributed by atoms with Crippen molar-refractivity contribution in [3.05, 3.63) is 156 Å². The van der Waals surface area contributed by atoms with Crippen molar-refractivity contribution in [2.24, 2.45) is 5.92 Å². The number of hydrogen-bond acceptors (Lipinski definition) is 4. The van der Waals surface area contributed by atoms with Crippen LogP contribution in [0.25, 0.3) is 32.7 Å². The Morgan fingerprint density at radius 1 is 0.600 bits per heavy atom. The van der Waals surface area contributed by atoms with Crippen molar-refractivity contribution in [3.63, 3.8) is 0 Å². The van der Waals surface area contributed by atoms with Crippen LogP contribution in [0.5, 0.6) is 11.5 Å². The molecule has 1 aliphatic carbocycles. The topological polar surface area (TPSA) is 52.6 Å². The third-order valence-electron chi connectivity index (χ3n) is 8.72. The Hall–Kier alpha value is -5.48. The number of benzene rings is 6. The fourth-order valence-electron chi connectivity index (χ4n) is 6.64. The highest BCUT2D eigenvalue weighted by molar-refractivity contribution is 6.06. The molecule has 0 aliphatic heterocycles. The molecule has 0 aromatic heterocycles. The Balaban J connectivity index is 1.56. The molecule has 0 atom stereocenters. The molecule has 0 saturated heterocycles. The number of carbonyl (C=O) groups excluding carboxylic acids is 2. The maximum Gasteiger partial charge on any atom is 0.338 e. The molecule has 0 unspecified atom stereocenters. The van der Waals surface area contributed by atoms with Crippen LogP contribution in [0.3, 0.4) is 0 Å². The molecule has 7 rings (SSSR count). The van der Waals surface area contributed by atoms with Crippen molar-refractivity contribution in [3.8, 4) is 22.6 Å². The highest BCUT2D eigenvalue weighted by Crippen LogP contribution is 2.60.